The van der Waals surface area contributed by atoms with Gasteiger partial charge in [0.1, 0.15) is 11.5 Å². The van der Waals surface area contributed by atoms with Gasteiger partial charge < -0.3 is 14.7 Å². The van der Waals surface area contributed by atoms with E-state index in [9.17, 15) is 4.79 Å². The SMILES string of the molecule is Cc1nc(-c2ccc(CNC(=O)CCc3c[nH]c4ccccc34)o2)cs1. The molecule has 0 saturated heterocycles. The number of H-pyrrole nitrogens is 1. The highest BCUT2D eigenvalue weighted by Gasteiger charge is 2.10. The predicted molar refractivity (Wildman–Crippen MR) is 103 cm³/mol. The number of para-hydroxylation sites is 1. The van der Waals surface area contributed by atoms with Crippen LogP contribution in [-0.4, -0.2) is 15.9 Å². The third-order valence-electron chi connectivity index (χ3n) is 4.29. The number of carbonyl (C=O) groups is 1. The normalized spacial score (nSPS) is 11.1. The van der Waals surface area contributed by atoms with Crippen LogP contribution in [0.15, 0.2) is 52.4 Å². The summed E-state index contributed by atoms with van der Waals surface area (Å²) in [6.45, 7) is 2.35. The van der Waals surface area contributed by atoms with Gasteiger partial charge in [0, 0.05) is 28.9 Å². The zero-order valence-corrected chi connectivity index (χ0v) is 15.2. The molecule has 0 aliphatic heterocycles. The van der Waals surface area contributed by atoms with Crippen molar-refractivity contribution in [2.24, 2.45) is 0 Å². The molecule has 0 unspecified atom stereocenters. The monoisotopic (exact) mass is 365 g/mol. The van der Waals surface area contributed by atoms with E-state index in [1.54, 1.807) is 11.3 Å². The number of furan rings is 1. The molecular weight excluding hydrogens is 346 g/mol. The Kier molecular flexibility index (Phi) is 4.58. The molecule has 0 aliphatic carbocycles. The van der Waals surface area contributed by atoms with E-state index < -0.39 is 0 Å². The molecule has 132 valence electrons. The standard InChI is InChI=1S/C20H19N3O2S/c1-13-23-18(12-26-13)19-8-7-15(25-19)11-22-20(24)9-6-14-10-21-17-5-3-2-4-16(14)17/h2-5,7-8,10,12,21H,6,9,11H2,1H3,(H,22,24). The van der Waals surface area contributed by atoms with Gasteiger partial charge in [0.25, 0.3) is 0 Å². The summed E-state index contributed by atoms with van der Waals surface area (Å²) >= 11 is 1.59. The fourth-order valence-electron chi connectivity index (χ4n) is 2.95. The fraction of sp³-hybridized carbons (Fsp3) is 0.200. The molecule has 3 heterocycles. The minimum Gasteiger partial charge on any atom is -0.458 e. The molecule has 4 aromatic rings. The number of amides is 1. The van der Waals surface area contributed by atoms with E-state index in [1.165, 1.54) is 5.39 Å². The number of hydrogen-bond donors (Lipinski definition) is 2. The van der Waals surface area contributed by atoms with E-state index >= 15 is 0 Å². The summed E-state index contributed by atoms with van der Waals surface area (Å²) in [6, 6.07) is 11.9. The Balaban J connectivity index is 1.31. The van der Waals surface area contributed by atoms with E-state index in [1.807, 2.05) is 48.8 Å². The van der Waals surface area contributed by atoms with Crippen molar-refractivity contribution in [3.05, 3.63) is 64.3 Å². The molecule has 0 atom stereocenters. The molecule has 0 aliphatic rings. The number of aromatic amines is 1. The molecule has 1 aromatic carbocycles. The minimum absolute atomic E-state index is 0.0118. The Morgan fingerprint density at radius 1 is 1.27 bits per heavy atom. The number of nitrogens with one attached hydrogen (secondary N) is 2. The maximum atomic E-state index is 12.2. The quantitative estimate of drug-likeness (QED) is 0.530. The van der Waals surface area contributed by atoms with Crippen molar-refractivity contribution in [2.45, 2.75) is 26.3 Å². The second-order valence-electron chi connectivity index (χ2n) is 6.15. The zero-order valence-electron chi connectivity index (χ0n) is 14.4. The number of aryl methyl sites for hydroxylation is 2. The number of aromatic nitrogens is 2. The molecule has 6 heteroatoms. The van der Waals surface area contributed by atoms with Crippen LogP contribution in [0.4, 0.5) is 0 Å². The average molecular weight is 365 g/mol. The van der Waals surface area contributed by atoms with Gasteiger partial charge >= 0.3 is 0 Å². The Hall–Kier alpha value is -2.86. The van der Waals surface area contributed by atoms with Crippen LogP contribution < -0.4 is 5.32 Å². The van der Waals surface area contributed by atoms with Gasteiger partial charge in [-0.2, -0.15) is 0 Å². The summed E-state index contributed by atoms with van der Waals surface area (Å²) in [7, 11) is 0. The third kappa shape index (κ3) is 3.55. The van der Waals surface area contributed by atoms with Gasteiger partial charge in [0.15, 0.2) is 5.76 Å². The predicted octanol–water partition coefficient (Wildman–Crippen LogP) is 4.44. The molecule has 3 aromatic heterocycles. The zero-order chi connectivity index (χ0) is 17.9. The summed E-state index contributed by atoms with van der Waals surface area (Å²) in [5.74, 6) is 1.47. The van der Waals surface area contributed by atoms with Crippen molar-refractivity contribution in [1.29, 1.82) is 0 Å². The van der Waals surface area contributed by atoms with Crippen LogP contribution in [0.5, 0.6) is 0 Å². The first-order valence-corrected chi connectivity index (χ1v) is 9.40. The number of rotatable bonds is 6. The first-order valence-electron chi connectivity index (χ1n) is 8.52. The van der Waals surface area contributed by atoms with Gasteiger partial charge in [-0.1, -0.05) is 18.2 Å². The van der Waals surface area contributed by atoms with Gasteiger partial charge in [0.05, 0.1) is 11.6 Å². The van der Waals surface area contributed by atoms with Crippen LogP contribution in [0.3, 0.4) is 0 Å². The summed E-state index contributed by atoms with van der Waals surface area (Å²) < 4.78 is 5.77. The summed E-state index contributed by atoms with van der Waals surface area (Å²) in [6.07, 6.45) is 3.13. The number of nitrogens with zero attached hydrogens (tertiary/aromatic N) is 1. The largest absolute Gasteiger partial charge is 0.458 e. The third-order valence-corrected chi connectivity index (χ3v) is 5.06. The number of hydrogen-bond acceptors (Lipinski definition) is 4. The lowest BCUT2D eigenvalue weighted by Gasteiger charge is -2.03. The minimum atomic E-state index is 0.0118. The molecule has 0 bridgehead atoms. The van der Waals surface area contributed by atoms with Gasteiger partial charge in [-0.05, 0) is 37.1 Å². The number of fused-ring (bicyclic) bond motifs is 1. The van der Waals surface area contributed by atoms with E-state index in [4.69, 9.17) is 4.42 Å². The van der Waals surface area contributed by atoms with Gasteiger partial charge in [0.2, 0.25) is 5.91 Å². The topological polar surface area (TPSA) is 70.9 Å². The van der Waals surface area contributed by atoms with E-state index in [-0.39, 0.29) is 5.91 Å². The number of carbonyl (C=O) groups excluding carboxylic acids is 1. The molecule has 5 nitrogen and oxygen atoms in total. The summed E-state index contributed by atoms with van der Waals surface area (Å²) in [5.41, 5.74) is 3.10. The molecular formula is C20H19N3O2S. The molecule has 2 N–H and O–H groups in total. The number of thiazole rings is 1. The van der Waals surface area contributed by atoms with Crippen molar-refractivity contribution in [3.63, 3.8) is 0 Å². The van der Waals surface area contributed by atoms with Crippen molar-refractivity contribution in [1.82, 2.24) is 15.3 Å². The van der Waals surface area contributed by atoms with Crippen molar-refractivity contribution in [2.75, 3.05) is 0 Å². The maximum absolute atomic E-state index is 12.2. The van der Waals surface area contributed by atoms with Crippen molar-refractivity contribution >= 4 is 28.1 Å². The van der Waals surface area contributed by atoms with Crippen LogP contribution in [-0.2, 0) is 17.8 Å². The fourth-order valence-corrected chi connectivity index (χ4v) is 3.55. The highest BCUT2D eigenvalue weighted by atomic mass is 32.1. The highest BCUT2D eigenvalue weighted by Crippen LogP contribution is 2.24. The molecule has 1 amide bonds. The molecule has 0 radical (unpaired) electrons. The Morgan fingerprint density at radius 2 is 2.15 bits per heavy atom. The molecule has 0 fully saturated rings. The summed E-state index contributed by atoms with van der Waals surface area (Å²) in [4.78, 5) is 19.8. The first-order chi connectivity index (χ1) is 12.7. The lowest BCUT2D eigenvalue weighted by atomic mass is 10.1. The van der Waals surface area contributed by atoms with Gasteiger partial charge in [-0.25, -0.2) is 4.98 Å². The summed E-state index contributed by atoms with van der Waals surface area (Å²) in [5, 5.41) is 7.07. The van der Waals surface area contributed by atoms with Crippen LogP contribution in [0.1, 0.15) is 22.8 Å². The van der Waals surface area contributed by atoms with Gasteiger partial charge in [-0.3, -0.25) is 4.79 Å². The van der Waals surface area contributed by atoms with E-state index in [2.05, 4.69) is 21.4 Å². The molecule has 0 spiro atoms. The molecule has 4 rings (SSSR count). The second kappa shape index (κ2) is 7.17. The maximum Gasteiger partial charge on any atom is 0.220 e. The Morgan fingerprint density at radius 3 is 3.00 bits per heavy atom. The average Bonchev–Trinajstić information content (AvgIpc) is 3.37. The highest BCUT2D eigenvalue weighted by molar-refractivity contribution is 7.09. The van der Waals surface area contributed by atoms with Crippen molar-refractivity contribution < 1.29 is 9.21 Å². The van der Waals surface area contributed by atoms with E-state index in [0.717, 1.165) is 33.3 Å². The lowest BCUT2D eigenvalue weighted by molar-refractivity contribution is -0.121. The van der Waals surface area contributed by atoms with Gasteiger partial charge in [-0.15, -0.1) is 11.3 Å². The Bertz CT molecular complexity index is 1040. The van der Waals surface area contributed by atoms with Crippen LogP contribution in [0, 0.1) is 6.92 Å². The Labute approximate surface area is 155 Å². The first kappa shape index (κ1) is 16.6. The van der Waals surface area contributed by atoms with Crippen LogP contribution >= 0.6 is 11.3 Å². The number of benzene rings is 1. The van der Waals surface area contributed by atoms with E-state index in [0.29, 0.717) is 19.4 Å². The van der Waals surface area contributed by atoms with Crippen LogP contribution in [0.25, 0.3) is 22.4 Å². The van der Waals surface area contributed by atoms with Crippen LogP contribution in [0.2, 0.25) is 0 Å². The molecule has 0 saturated carbocycles. The van der Waals surface area contributed by atoms with Crippen molar-refractivity contribution in [3.8, 4) is 11.5 Å². The smallest absolute Gasteiger partial charge is 0.220 e. The molecule has 26 heavy (non-hydrogen) atoms. The lowest BCUT2D eigenvalue weighted by Crippen LogP contribution is -2.22. The second-order valence-corrected chi connectivity index (χ2v) is 7.22.